The molecule has 0 spiro atoms. The highest BCUT2D eigenvalue weighted by Gasteiger charge is 2.24. The van der Waals surface area contributed by atoms with E-state index in [4.69, 9.17) is 9.40 Å². The van der Waals surface area contributed by atoms with E-state index in [1.807, 2.05) is 17.2 Å². The molecule has 7 nitrogen and oxygen atoms in total. The molecule has 144 valence electrons. The maximum absolute atomic E-state index is 12.4. The molecule has 1 N–H and O–H groups in total. The summed E-state index contributed by atoms with van der Waals surface area (Å²) in [5.41, 5.74) is 0. The Labute approximate surface area is 159 Å². The minimum atomic E-state index is -0.0435. The zero-order chi connectivity index (χ0) is 18.5. The minimum Gasteiger partial charge on any atom is -0.459 e. The van der Waals surface area contributed by atoms with Gasteiger partial charge in [0.05, 0.1) is 6.26 Å². The number of nitrogens with zero attached hydrogens (tertiary/aromatic N) is 4. The van der Waals surface area contributed by atoms with Gasteiger partial charge in [0, 0.05) is 38.4 Å². The van der Waals surface area contributed by atoms with Gasteiger partial charge in [0.1, 0.15) is 5.82 Å². The SMILES string of the molecule is O=C(c1ccco1)N1CCN(c2ccnc(NC3CCCCCC3)n2)CC1. The van der Waals surface area contributed by atoms with Crippen molar-refractivity contribution in [2.75, 3.05) is 36.4 Å². The molecular formula is C20H27N5O2. The maximum Gasteiger partial charge on any atom is 0.289 e. The van der Waals surface area contributed by atoms with Crippen molar-refractivity contribution < 1.29 is 9.21 Å². The summed E-state index contributed by atoms with van der Waals surface area (Å²) in [6.45, 7) is 2.84. The highest BCUT2D eigenvalue weighted by Crippen LogP contribution is 2.21. The Balaban J connectivity index is 1.35. The first-order valence-corrected chi connectivity index (χ1v) is 9.97. The molecule has 0 bridgehead atoms. The third-order valence-corrected chi connectivity index (χ3v) is 5.45. The lowest BCUT2D eigenvalue weighted by molar-refractivity contribution is 0.0714. The summed E-state index contributed by atoms with van der Waals surface area (Å²) >= 11 is 0. The van der Waals surface area contributed by atoms with E-state index < -0.39 is 0 Å². The summed E-state index contributed by atoms with van der Waals surface area (Å²) in [4.78, 5) is 25.6. The fraction of sp³-hybridized carbons (Fsp3) is 0.550. The van der Waals surface area contributed by atoms with Crippen LogP contribution in [0, 0.1) is 0 Å². The molecule has 7 heteroatoms. The van der Waals surface area contributed by atoms with Crippen molar-refractivity contribution in [1.82, 2.24) is 14.9 Å². The van der Waals surface area contributed by atoms with Crippen LogP contribution in [-0.2, 0) is 0 Å². The van der Waals surface area contributed by atoms with E-state index in [-0.39, 0.29) is 5.91 Å². The molecule has 4 rings (SSSR count). The van der Waals surface area contributed by atoms with Gasteiger partial charge in [-0.1, -0.05) is 25.7 Å². The van der Waals surface area contributed by atoms with E-state index in [1.54, 1.807) is 12.1 Å². The van der Waals surface area contributed by atoms with Crippen LogP contribution in [0.4, 0.5) is 11.8 Å². The Kier molecular flexibility index (Phi) is 5.55. The number of amides is 1. The van der Waals surface area contributed by atoms with Crippen molar-refractivity contribution in [3.63, 3.8) is 0 Å². The average molecular weight is 369 g/mol. The molecule has 3 heterocycles. The van der Waals surface area contributed by atoms with Gasteiger partial charge in [-0.05, 0) is 31.0 Å². The molecule has 0 unspecified atom stereocenters. The number of carbonyl (C=O) groups is 1. The van der Waals surface area contributed by atoms with E-state index in [9.17, 15) is 4.79 Å². The van der Waals surface area contributed by atoms with E-state index in [0.29, 0.717) is 30.8 Å². The van der Waals surface area contributed by atoms with Crippen LogP contribution in [0.3, 0.4) is 0 Å². The number of piperazine rings is 1. The van der Waals surface area contributed by atoms with E-state index in [2.05, 4.69) is 15.2 Å². The summed E-state index contributed by atoms with van der Waals surface area (Å²) < 4.78 is 5.22. The second-order valence-electron chi connectivity index (χ2n) is 7.33. The largest absolute Gasteiger partial charge is 0.459 e. The molecule has 1 amide bonds. The molecule has 0 atom stereocenters. The highest BCUT2D eigenvalue weighted by atomic mass is 16.3. The molecule has 2 aromatic rings. The highest BCUT2D eigenvalue weighted by molar-refractivity contribution is 5.91. The first kappa shape index (κ1) is 17.8. The lowest BCUT2D eigenvalue weighted by Crippen LogP contribution is -2.49. The van der Waals surface area contributed by atoms with E-state index >= 15 is 0 Å². The Hall–Kier alpha value is -2.57. The van der Waals surface area contributed by atoms with Crippen LogP contribution in [0.25, 0.3) is 0 Å². The van der Waals surface area contributed by atoms with Gasteiger partial charge >= 0.3 is 0 Å². The quantitative estimate of drug-likeness (QED) is 0.835. The van der Waals surface area contributed by atoms with Gasteiger partial charge in [-0.15, -0.1) is 0 Å². The van der Waals surface area contributed by atoms with E-state index in [1.165, 1.54) is 44.8 Å². The minimum absolute atomic E-state index is 0.0435. The second kappa shape index (κ2) is 8.41. The molecular weight excluding hydrogens is 342 g/mol. The molecule has 1 saturated heterocycles. The molecule has 2 aliphatic rings. The topological polar surface area (TPSA) is 74.5 Å². The summed E-state index contributed by atoms with van der Waals surface area (Å²) in [7, 11) is 0. The second-order valence-corrected chi connectivity index (χ2v) is 7.33. The number of furan rings is 1. The van der Waals surface area contributed by atoms with Crippen molar-refractivity contribution in [2.45, 2.75) is 44.6 Å². The average Bonchev–Trinajstić information content (AvgIpc) is 3.13. The molecule has 2 fully saturated rings. The molecule has 1 aliphatic carbocycles. The Morgan fingerprint density at radius 1 is 1.07 bits per heavy atom. The number of rotatable bonds is 4. The zero-order valence-electron chi connectivity index (χ0n) is 15.6. The van der Waals surface area contributed by atoms with Gasteiger partial charge in [0.2, 0.25) is 5.95 Å². The number of anilines is 2. The first-order chi connectivity index (χ1) is 13.3. The van der Waals surface area contributed by atoms with Gasteiger partial charge in [-0.25, -0.2) is 4.98 Å². The van der Waals surface area contributed by atoms with Crippen LogP contribution < -0.4 is 10.2 Å². The first-order valence-electron chi connectivity index (χ1n) is 9.97. The smallest absolute Gasteiger partial charge is 0.289 e. The summed E-state index contributed by atoms with van der Waals surface area (Å²) in [6, 6.07) is 5.88. The van der Waals surface area contributed by atoms with Gasteiger partial charge in [-0.2, -0.15) is 4.98 Å². The molecule has 0 radical (unpaired) electrons. The predicted octanol–water partition coefficient (Wildman–Crippen LogP) is 3.17. The van der Waals surface area contributed by atoms with Gasteiger partial charge in [0.15, 0.2) is 5.76 Å². The fourth-order valence-corrected chi connectivity index (χ4v) is 3.90. The zero-order valence-corrected chi connectivity index (χ0v) is 15.6. The Bertz CT molecular complexity index is 733. The van der Waals surface area contributed by atoms with Crippen LogP contribution >= 0.6 is 0 Å². The maximum atomic E-state index is 12.4. The molecule has 1 saturated carbocycles. The standard InChI is InChI=1S/C20H27N5O2/c26-19(17-8-5-15-27-17)25-13-11-24(12-14-25)18-9-10-21-20(23-18)22-16-6-3-1-2-4-7-16/h5,8-10,15-16H,1-4,6-7,11-14H2,(H,21,22,23). The molecule has 1 aliphatic heterocycles. The number of nitrogens with one attached hydrogen (secondary N) is 1. The number of hydrogen-bond donors (Lipinski definition) is 1. The number of carbonyl (C=O) groups excluding carboxylic acids is 1. The molecule has 27 heavy (non-hydrogen) atoms. The van der Waals surface area contributed by atoms with Crippen LogP contribution in [0.15, 0.2) is 35.1 Å². The van der Waals surface area contributed by atoms with Crippen LogP contribution in [-0.4, -0.2) is 53.0 Å². The normalized spacial score (nSPS) is 19.0. The molecule has 0 aromatic carbocycles. The summed E-state index contributed by atoms with van der Waals surface area (Å²) in [6.07, 6.45) is 11.0. The van der Waals surface area contributed by atoms with Crippen molar-refractivity contribution in [1.29, 1.82) is 0 Å². The van der Waals surface area contributed by atoms with Crippen molar-refractivity contribution in [3.05, 3.63) is 36.4 Å². The fourth-order valence-electron chi connectivity index (χ4n) is 3.90. The van der Waals surface area contributed by atoms with Gasteiger partial charge < -0.3 is 19.5 Å². The Morgan fingerprint density at radius 3 is 2.56 bits per heavy atom. The Morgan fingerprint density at radius 2 is 1.85 bits per heavy atom. The predicted molar refractivity (Wildman–Crippen MR) is 104 cm³/mol. The lowest BCUT2D eigenvalue weighted by atomic mass is 10.1. The van der Waals surface area contributed by atoms with Crippen LogP contribution in [0.5, 0.6) is 0 Å². The third kappa shape index (κ3) is 4.40. The summed E-state index contributed by atoms with van der Waals surface area (Å²) in [5, 5.41) is 3.52. The van der Waals surface area contributed by atoms with Crippen LogP contribution in [0.1, 0.15) is 49.1 Å². The molecule has 2 aromatic heterocycles. The van der Waals surface area contributed by atoms with E-state index in [0.717, 1.165) is 18.9 Å². The number of hydrogen-bond acceptors (Lipinski definition) is 6. The summed E-state index contributed by atoms with van der Waals surface area (Å²) in [5.74, 6) is 2.00. The van der Waals surface area contributed by atoms with Crippen LogP contribution in [0.2, 0.25) is 0 Å². The van der Waals surface area contributed by atoms with Gasteiger partial charge in [-0.3, -0.25) is 4.79 Å². The van der Waals surface area contributed by atoms with Gasteiger partial charge in [0.25, 0.3) is 5.91 Å². The lowest BCUT2D eigenvalue weighted by Gasteiger charge is -2.35. The van der Waals surface area contributed by atoms with Crippen molar-refractivity contribution in [2.24, 2.45) is 0 Å². The van der Waals surface area contributed by atoms with Crippen molar-refractivity contribution in [3.8, 4) is 0 Å². The monoisotopic (exact) mass is 369 g/mol. The van der Waals surface area contributed by atoms with Crippen molar-refractivity contribution >= 4 is 17.7 Å². The third-order valence-electron chi connectivity index (χ3n) is 5.45. The number of aromatic nitrogens is 2.